The van der Waals surface area contributed by atoms with Crippen LogP contribution >= 0.6 is 11.6 Å². The summed E-state index contributed by atoms with van der Waals surface area (Å²) in [4.78, 5) is 11.1. The number of carbonyl (C=O) groups is 1. The Morgan fingerprint density at radius 1 is 1.50 bits per heavy atom. The maximum absolute atomic E-state index is 12.6. The fraction of sp³-hybridized carbons (Fsp3) is 0.167. The zero-order valence-corrected chi connectivity index (χ0v) is 10.8. The molecule has 4 nitrogen and oxygen atoms in total. The fourth-order valence-corrected chi connectivity index (χ4v) is 1.46. The molecule has 0 aliphatic heterocycles. The minimum absolute atomic E-state index is 0.0263. The molecule has 8 heteroatoms. The van der Waals surface area contributed by atoms with Crippen molar-refractivity contribution in [3.8, 4) is 6.07 Å². The number of benzene rings is 1. The number of carbonyl (C=O) groups excluding carboxylic acids is 1. The second-order valence-electron chi connectivity index (χ2n) is 3.50. The predicted molar refractivity (Wildman–Crippen MR) is 65.8 cm³/mol. The van der Waals surface area contributed by atoms with Crippen molar-refractivity contribution in [1.82, 2.24) is 0 Å². The lowest BCUT2D eigenvalue weighted by Gasteiger charge is -2.10. The van der Waals surface area contributed by atoms with Gasteiger partial charge in [0.15, 0.2) is 5.57 Å². The summed E-state index contributed by atoms with van der Waals surface area (Å²) in [5.74, 6) is -0.898. The Morgan fingerprint density at radius 2 is 2.15 bits per heavy atom. The van der Waals surface area contributed by atoms with Crippen LogP contribution in [-0.4, -0.2) is 13.1 Å². The Hall–Kier alpha value is -2.20. The molecule has 0 radical (unpaired) electrons. The fourth-order valence-electron chi connectivity index (χ4n) is 1.23. The Bertz CT molecular complexity index is 591. The van der Waals surface area contributed by atoms with Crippen LogP contribution in [-0.2, 0) is 15.7 Å². The van der Waals surface area contributed by atoms with Crippen LogP contribution in [0.25, 0.3) is 0 Å². The van der Waals surface area contributed by atoms with Gasteiger partial charge >= 0.3 is 12.1 Å². The van der Waals surface area contributed by atoms with Gasteiger partial charge in [0.1, 0.15) is 6.07 Å². The quantitative estimate of drug-likeness (QED) is 0.528. The Labute approximate surface area is 117 Å². The number of nitrogens with zero attached hydrogens (tertiary/aromatic N) is 1. The monoisotopic (exact) mass is 304 g/mol. The van der Waals surface area contributed by atoms with E-state index in [4.69, 9.17) is 16.9 Å². The molecule has 0 bridgehead atoms. The summed E-state index contributed by atoms with van der Waals surface area (Å²) in [7, 11) is 1.08. The normalized spacial score (nSPS) is 11.7. The first-order chi connectivity index (χ1) is 9.29. The molecule has 0 amide bonds. The highest BCUT2D eigenvalue weighted by atomic mass is 35.5. The molecule has 0 unspecified atom stereocenters. The molecule has 0 saturated heterocycles. The smallest absolute Gasteiger partial charge is 0.417 e. The first-order valence-corrected chi connectivity index (χ1v) is 5.49. The summed E-state index contributed by atoms with van der Waals surface area (Å²) < 4.78 is 42.2. The van der Waals surface area contributed by atoms with Crippen LogP contribution in [0.5, 0.6) is 0 Å². The summed E-state index contributed by atoms with van der Waals surface area (Å²) in [6, 6.07) is 4.66. The summed E-state index contributed by atoms with van der Waals surface area (Å²) in [6.45, 7) is 0. The number of rotatable bonds is 3. The molecule has 0 atom stereocenters. The minimum Gasteiger partial charge on any atom is -0.465 e. The van der Waals surface area contributed by atoms with Gasteiger partial charge in [0.25, 0.3) is 0 Å². The first-order valence-electron chi connectivity index (χ1n) is 5.11. The minimum atomic E-state index is -4.60. The SMILES string of the molecule is COC(=O)/C(C#N)=C/Nc1ccc(Cl)c(C(F)(F)F)c1. The van der Waals surface area contributed by atoms with Crippen molar-refractivity contribution in [3.05, 3.63) is 40.6 Å². The predicted octanol–water partition coefficient (Wildman–Crippen LogP) is 3.35. The van der Waals surface area contributed by atoms with E-state index in [1.54, 1.807) is 6.07 Å². The third-order valence-electron chi connectivity index (χ3n) is 2.18. The first kappa shape index (κ1) is 15.9. The van der Waals surface area contributed by atoms with Crippen LogP contribution in [0, 0.1) is 11.3 Å². The highest BCUT2D eigenvalue weighted by Gasteiger charge is 2.33. The molecule has 106 valence electrons. The highest BCUT2D eigenvalue weighted by molar-refractivity contribution is 6.31. The number of hydrogen-bond acceptors (Lipinski definition) is 4. The molecule has 0 aromatic heterocycles. The van der Waals surface area contributed by atoms with E-state index in [2.05, 4.69) is 10.1 Å². The van der Waals surface area contributed by atoms with Gasteiger partial charge in [-0.3, -0.25) is 0 Å². The van der Waals surface area contributed by atoms with Gasteiger partial charge in [0, 0.05) is 11.9 Å². The number of alkyl halides is 3. The van der Waals surface area contributed by atoms with Crippen molar-refractivity contribution in [2.45, 2.75) is 6.18 Å². The molecule has 0 spiro atoms. The Kier molecular flexibility index (Phi) is 5.00. The summed E-state index contributed by atoms with van der Waals surface area (Å²) in [5, 5.41) is 10.6. The van der Waals surface area contributed by atoms with Crippen LogP contribution in [0.15, 0.2) is 30.0 Å². The van der Waals surface area contributed by atoms with Crippen LogP contribution in [0.3, 0.4) is 0 Å². The zero-order chi connectivity index (χ0) is 15.3. The van der Waals surface area contributed by atoms with Crippen molar-refractivity contribution >= 4 is 23.3 Å². The lowest BCUT2D eigenvalue weighted by atomic mass is 10.2. The molecule has 1 aromatic rings. The molecular formula is C12H8ClF3N2O2. The number of anilines is 1. The van der Waals surface area contributed by atoms with Crippen molar-refractivity contribution in [2.75, 3.05) is 12.4 Å². The maximum Gasteiger partial charge on any atom is 0.417 e. The largest absolute Gasteiger partial charge is 0.465 e. The number of hydrogen-bond donors (Lipinski definition) is 1. The standard InChI is InChI=1S/C12H8ClF3N2O2/c1-20-11(19)7(5-17)6-18-8-2-3-10(13)9(4-8)12(14,15)16/h2-4,6,18H,1H3/b7-6+. The van der Waals surface area contributed by atoms with Crippen molar-refractivity contribution in [1.29, 1.82) is 5.26 Å². The number of nitriles is 1. The number of ether oxygens (including phenoxy) is 1. The molecule has 0 aliphatic rings. The van der Waals surface area contributed by atoms with E-state index >= 15 is 0 Å². The van der Waals surface area contributed by atoms with E-state index in [1.807, 2.05) is 0 Å². The number of nitrogens with one attached hydrogen (secondary N) is 1. The van der Waals surface area contributed by atoms with E-state index in [1.165, 1.54) is 6.07 Å². The van der Waals surface area contributed by atoms with Gasteiger partial charge < -0.3 is 10.1 Å². The van der Waals surface area contributed by atoms with Crippen LogP contribution in [0.2, 0.25) is 5.02 Å². The van der Waals surface area contributed by atoms with E-state index in [9.17, 15) is 18.0 Å². The van der Waals surface area contributed by atoms with E-state index in [-0.39, 0.29) is 11.3 Å². The molecule has 0 heterocycles. The van der Waals surface area contributed by atoms with Crippen molar-refractivity contribution < 1.29 is 22.7 Å². The van der Waals surface area contributed by atoms with E-state index < -0.39 is 22.7 Å². The summed E-state index contributed by atoms with van der Waals surface area (Å²) in [5.41, 5.74) is -1.37. The number of esters is 1. The van der Waals surface area contributed by atoms with E-state index in [0.29, 0.717) is 0 Å². The lowest BCUT2D eigenvalue weighted by molar-refractivity contribution is -0.137. The molecule has 0 aliphatic carbocycles. The molecule has 0 saturated carbocycles. The van der Waals surface area contributed by atoms with Crippen LogP contribution < -0.4 is 5.32 Å². The third-order valence-corrected chi connectivity index (χ3v) is 2.51. The van der Waals surface area contributed by atoms with Gasteiger partial charge in [-0.15, -0.1) is 0 Å². The third kappa shape index (κ3) is 3.90. The Balaban J connectivity index is 3.04. The van der Waals surface area contributed by atoms with Crippen LogP contribution in [0.1, 0.15) is 5.56 Å². The average molecular weight is 305 g/mol. The van der Waals surface area contributed by atoms with Gasteiger partial charge in [-0.05, 0) is 18.2 Å². The van der Waals surface area contributed by atoms with Gasteiger partial charge in [-0.1, -0.05) is 11.6 Å². The molecule has 20 heavy (non-hydrogen) atoms. The average Bonchev–Trinajstić information content (AvgIpc) is 2.39. The summed E-state index contributed by atoms with van der Waals surface area (Å²) >= 11 is 5.45. The van der Waals surface area contributed by atoms with Gasteiger partial charge in [0.2, 0.25) is 0 Å². The highest BCUT2D eigenvalue weighted by Crippen LogP contribution is 2.36. The van der Waals surface area contributed by atoms with Gasteiger partial charge in [-0.2, -0.15) is 18.4 Å². The molecular weight excluding hydrogens is 297 g/mol. The van der Waals surface area contributed by atoms with Gasteiger partial charge in [0.05, 0.1) is 17.7 Å². The number of methoxy groups -OCH3 is 1. The second-order valence-corrected chi connectivity index (χ2v) is 3.91. The van der Waals surface area contributed by atoms with Crippen molar-refractivity contribution in [2.24, 2.45) is 0 Å². The lowest BCUT2D eigenvalue weighted by Crippen LogP contribution is -2.07. The zero-order valence-electron chi connectivity index (χ0n) is 10.1. The van der Waals surface area contributed by atoms with E-state index in [0.717, 1.165) is 25.4 Å². The number of halogens is 4. The Morgan fingerprint density at radius 3 is 2.65 bits per heavy atom. The van der Waals surface area contributed by atoms with Gasteiger partial charge in [-0.25, -0.2) is 4.79 Å². The molecule has 1 N–H and O–H groups in total. The molecule has 1 rings (SSSR count). The van der Waals surface area contributed by atoms with Crippen LogP contribution in [0.4, 0.5) is 18.9 Å². The molecule has 0 fully saturated rings. The topological polar surface area (TPSA) is 62.1 Å². The molecule has 1 aromatic carbocycles. The summed E-state index contributed by atoms with van der Waals surface area (Å²) in [6.07, 6.45) is -3.64. The maximum atomic E-state index is 12.6. The second kappa shape index (κ2) is 6.30. The van der Waals surface area contributed by atoms with Crippen molar-refractivity contribution in [3.63, 3.8) is 0 Å².